The van der Waals surface area contributed by atoms with Crippen molar-refractivity contribution in [3.8, 4) is 0 Å². The van der Waals surface area contributed by atoms with Crippen molar-refractivity contribution in [3.05, 3.63) is 40.0 Å². The number of aromatic nitrogens is 3. The Hall–Kier alpha value is -1.69. The van der Waals surface area contributed by atoms with E-state index in [9.17, 15) is 4.79 Å². The molecule has 1 aliphatic rings. The molecule has 0 amide bonds. The van der Waals surface area contributed by atoms with Crippen molar-refractivity contribution in [3.63, 3.8) is 0 Å². The van der Waals surface area contributed by atoms with Gasteiger partial charge in [0.2, 0.25) is 0 Å². The fourth-order valence-corrected chi connectivity index (χ4v) is 3.63. The largest absolute Gasteiger partial charge is 0.348 e. The molecule has 23 heavy (non-hydrogen) atoms. The highest BCUT2D eigenvalue weighted by atomic mass is 32.1. The number of anilines is 1. The van der Waals surface area contributed by atoms with Crippen molar-refractivity contribution in [2.45, 2.75) is 45.6 Å². The second kappa shape index (κ2) is 6.43. The van der Waals surface area contributed by atoms with Gasteiger partial charge >= 0.3 is 0 Å². The smallest absolute Gasteiger partial charge is 0.253 e. The molecule has 2 aromatic heterocycles. The third-order valence-corrected chi connectivity index (χ3v) is 5.24. The van der Waals surface area contributed by atoms with Gasteiger partial charge in [0.15, 0.2) is 5.13 Å². The second-order valence-corrected chi connectivity index (χ2v) is 8.13. The lowest BCUT2D eigenvalue weighted by atomic mass is 9.92. The van der Waals surface area contributed by atoms with Crippen LogP contribution in [0, 0.1) is 5.92 Å². The fourth-order valence-electron chi connectivity index (χ4n) is 2.93. The van der Waals surface area contributed by atoms with Gasteiger partial charge in [-0.1, -0.05) is 20.8 Å². The van der Waals surface area contributed by atoms with Crippen molar-refractivity contribution in [1.82, 2.24) is 14.5 Å². The van der Waals surface area contributed by atoms with Crippen LogP contribution in [0.1, 0.15) is 39.3 Å². The normalized spacial score (nSPS) is 16.7. The van der Waals surface area contributed by atoms with Crippen molar-refractivity contribution < 1.29 is 0 Å². The van der Waals surface area contributed by atoms with Crippen LogP contribution in [0.25, 0.3) is 0 Å². The zero-order valence-corrected chi connectivity index (χ0v) is 14.8. The van der Waals surface area contributed by atoms with Crippen LogP contribution in [-0.4, -0.2) is 27.6 Å². The van der Waals surface area contributed by atoms with Gasteiger partial charge in [-0.15, -0.1) is 11.3 Å². The highest BCUT2D eigenvalue weighted by Crippen LogP contribution is 2.25. The zero-order valence-electron chi connectivity index (χ0n) is 14.0. The van der Waals surface area contributed by atoms with Gasteiger partial charge in [-0.25, -0.2) is 9.97 Å². The summed E-state index contributed by atoms with van der Waals surface area (Å²) in [5.74, 6) is 0.534. The van der Waals surface area contributed by atoms with Gasteiger partial charge in [0, 0.05) is 42.7 Å². The molecule has 0 bridgehead atoms. The Balaban J connectivity index is 1.62. The van der Waals surface area contributed by atoms with E-state index in [-0.39, 0.29) is 11.0 Å². The van der Waals surface area contributed by atoms with E-state index in [0.29, 0.717) is 5.92 Å². The molecule has 0 N–H and O–H groups in total. The molecule has 2 aromatic rings. The van der Waals surface area contributed by atoms with E-state index in [4.69, 9.17) is 0 Å². The Kier molecular flexibility index (Phi) is 4.53. The molecule has 0 atom stereocenters. The number of piperidine rings is 1. The standard InChI is InChI=1S/C17H24N4OS/c1-17(2,3)14-10-15(22)21(12-19-14)11-13-4-7-20(8-5-13)16-18-6-9-23-16/h6,9-10,12-13H,4-5,7-8,11H2,1-3H3. The van der Waals surface area contributed by atoms with E-state index < -0.39 is 0 Å². The molecular weight excluding hydrogens is 308 g/mol. The van der Waals surface area contributed by atoms with Gasteiger partial charge in [-0.3, -0.25) is 9.36 Å². The first-order valence-corrected chi connectivity index (χ1v) is 9.03. The van der Waals surface area contributed by atoms with E-state index >= 15 is 0 Å². The third-order valence-electron chi connectivity index (χ3n) is 4.41. The molecule has 1 saturated heterocycles. The Labute approximate surface area is 141 Å². The molecule has 0 aliphatic carbocycles. The molecule has 3 rings (SSSR count). The summed E-state index contributed by atoms with van der Waals surface area (Å²) in [6.45, 7) is 9.02. The summed E-state index contributed by atoms with van der Waals surface area (Å²) >= 11 is 1.69. The van der Waals surface area contributed by atoms with Crippen LogP contribution < -0.4 is 10.5 Å². The van der Waals surface area contributed by atoms with Crippen LogP contribution in [0.4, 0.5) is 5.13 Å². The van der Waals surface area contributed by atoms with Crippen molar-refractivity contribution in [2.75, 3.05) is 18.0 Å². The highest BCUT2D eigenvalue weighted by Gasteiger charge is 2.22. The van der Waals surface area contributed by atoms with E-state index in [1.165, 1.54) is 0 Å². The SMILES string of the molecule is CC(C)(C)c1cc(=O)n(CC2CCN(c3nccs3)CC2)cn1. The van der Waals surface area contributed by atoms with Gasteiger partial charge in [-0.2, -0.15) is 0 Å². The Bertz CT molecular complexity index is 694. The van der Waals surface area contributed by atoms with E-state index in [1.807, 2.05) is 11.6 Å². The lowest BCUT2D eigenvalue weighted by Gasteiger charge is -2.32. The lowest BCUT2D eigenvalue weighted by molar-refractivity contribution is 0.350. The summed E-state index contributed by atoms with van der Waals surface area (Å²) in [5, 5.41) is 3.13. The maximum atomic E-state index is 12.3. The molecule has 5 nitrogen and oxygen atoms in total. The maximum Gasteiger partial charge on any atom is 0.253 e. The number of hydrogen-bond donors (Lipinski definition) is 0. The van der Waals surface area contributed by atoms with Gasteiger partial charge in [0.25, 0.3) is 5.56 Å². The molecule has 0 radical (unpaired) electrons. The van der Waals surface area contributed by atoms with Gasteiger partial charge in [-0.05, 0) is 18.8 Å². The maximum absolute atomic E-state index is 12.3. The molecule has 0 saturated carbocycles. The molecule has 3 heterocycles. The van der Waals surface area contributed by atoms with E-state index in [0.717, 1.165) is 43.3 Å². The highest BCUT2D eigenvalue weighted by molar-refractivity contribution is 7.13. The van der Waals surface area contributed by atoms with Crippen LogP contribution in [0.2, 0.25) is 0 Å². The average Bonchev–Trinajstić information content (AvgIpc) is 3.03. The summed E-state index contributed by atoms with van der Waals surface area (Å²) < 4.78 is 1.76. The van der Waals surface area contributed by atoms with Crippen LogP contribution in [0.3, 0.4) is 0 Å². The summed E-state index contributed by atoms with van der Waals surface area (Å²) in [6, 6.07) is 1.69. The Morgan fingerprint density at radius 3 is 2.57 bits per heavy atom. The van der Waals surface area contributed by atoms with E-state index in [1.54, 1.807) is 28.3 Å². The van der Waals surface area contributed by atoms with Crippen LogP contribution in [-0.2, 0) is 12.0 Å². The Morgan fingerprint density at radius 2 is 2.00 bits per heavy atom. The van der Waals surface area contributed by atoms with Gasteiger partial charge in [0.05, 0.1) is 12.0 Å². The number of hydrogen-bond acceptors (Lipinski definition) is 5. The predicted molar refractivity (Wildman–Crippen MR) is 94.2 cm³/mol. The fraction of sp³-hybridized carbons (Fsp3) is 0.588. The van der Waals surface area contributed by atoms with Crippen LogP contribution >= 0.6 is 11.3 Å². The number of thiazole rings is 1. The molecule has 0 unspecified atom stereocenters. The minimum atomic E-state index is -0.0860. The van der Waals surface area contributed by atoms with Gasteiger partial charge < -0.3 is 4.90 Å². The molecular formula is C17H24N4OS. The first-order chi connectivity index (χ1) is 10.9. The van der Waals surface area contributed by atoms with Crippen LogP contribution in [0.15, 0.2) is 28.8 Å². The number of rotatable bonds is 3. The second-order valence-electron chi connectivity index (χ2n) is 7.26. The predicted octanol–water partition coefficient (Wildman–Crippen LogP) is 2.91. The molecule has 124 valence electrons. The Morgan fingerprint density at radius 1 is 1.26 bits per heavy atom. The average molecular weight is 332 g/mol. The zero-order chi connectivity index (χ0) is 16.4. The van der Waals surface area contributed by atoms with Crippen molar-refractivity contribution >= 4 is 16.5 Å². The van der Waals surface area contributed by atoms with Gasteiger partial charge in [0.1, 0.15) is 0 Å². The molecule has 0 aromatic carbocycles. The minimum absolute atomic E-state index is 0.0623. The number of nitrogens with zero attached hydrogens (tertiary/aromatic N) is 4. The first kappa shape index (κ1) is 16.2. The lowest BCUT2D eigenvalue weighted by Crippen LogP contribution is -2.36. The summed E-state index contributed by atoms with van der Waals surface area (Å²) in [7, 11) is 0. The molecule has 0 spiro atoms. The summed E-state index contributed by atoms with van der Waals surface area (Å²) in [4.78, 5) is 23.5. The van der Waals surface area contributed by atoms with Crippen molar-refractivity contribution in [1.29, 1.82) is 0 Å². The van der Waals surface area contributed by atoms with Crippen molar-refractivity contribution in [2.24, 2.45) is 5.92 Å². The monoisotopic (exact) mass is 332 g/mol. The third kappa shape index (κ3) is 3.80. The quantitative estimate of drug-likeness (QED) is 0.867. The van der Waals surface area contributed by atoms with Crippen LogP contribution in [0.5, 0.6) is 0 Å². The molecule has 1 aliphatic heterocycles. The summed E-state index contributed by atoms with van der Waals surface area (Å²) in [5.41, 5.74) is 0.835. The minimum Gasteiger partial charge on any atom is -0.348 e. The topological polar surface area (TPSA) is 51.0 Å². The first-order valence-electron chi connectivity index (χ1n) is 8.15. The molecule has 6 heteroatoms. The van der Waals surface area contributed by atoms with E-state index in [2.05, 4.69) is 35.6 Å². The molecule has 1 fully saturated rings. The summed E-state index contributed by atoms with van der Waals surface area (Å²) in [6.07, 6.45) is 5.75.